The van der Waals surface area contributed by atoms with Gasteiger partial charge in [0, 0.05) is 37.0 Å². The van der Waals surface area contributed by atoms with E-state index in [4.69, 9.17) is 10.5 Å². The molecular formula is C19H32N4O2S. The van der Waals surface area contributed by atoms with Crippen LogP contribution in [0.15, 0.2) is 5.38 Å². The second-order valence-electron chi connectivity index (χ2n) is 8.16. The number of aromatic nitrogens is 1. The third-order valence-corrected chi connectivity index (χ3v) is 6.51. The Hall–Kier alpha value is -1.02. The van der Waals surface area contributed by atoms with E-state index in [1.807, 2.05) is 5.38 Å². The molecular weight excluding hydrogens is 348 g/mol. The summed E-state index contributed by atoms with van der Waals surface area (Å²) in [4.78, 5) is 19.6. The van der Waals surface area contributed by atoms with Crippen molar-refractivity contribution in [2.75, 3.05) is 32.8 Å². The quantitative estimate of drug-likeness (QED) is 0.791. The molecule has 146 valence electrons. The van der Waals surface area contributed by atoms with Gasteiger partial charge in [0.05, 0.1) is 17.2 Å². The fourth-order valence-electron chi connectivity index (χ4n) is 4.22. The number of carbonyl (C=O) groups is 1. The predicted molar refractivity (Wildman–Crippen MR) is 105 cm³/mol. The van der Waals surface area contributed by atoms with Gasteiger partial charge in [0.25, 0.3) is 5.91 Å². The number of morpholine rings is 1. The lowest BCUT2D eigenvalue weighted by Crippen LogP contribution is -2.63. The van der Waals surface area contributed by atoms with Crippen molar-refractivity contribution in [3.8, 4) is 0 Å². The van der Waals surface area contributed by atoms with Crippen LogP contribution in [-0.2, 0) is 11.2 Å². The molecule has 0 spiro atoms. The number of carbonyl (C=O) groups excluding carboxylic acids is 1. The van der Waals surface area contributed by atoms with Gasteiger partial charge in [-0.2, -0.15) is 0 Å². The van der Waals surface area contributed by atoms with Crippen LogP contribution in [0.5, 0.6) is 0 Å². The average molecular weight is 381 g/mol. The maximum atomic E-state index is 12.6. The van der Waals surface area contributed by atoms with Gasteiger partial charge in [0.2, 0.25) is 0 Å². The lowest BCUT2D eigenvalue weighted by molar-refractivity contribution is -0.122. The number of hydrogen-bond donors (Lipinski definition) is 2. The smallest absolute Gasteiger partial charge is 0.270 e. The molecule has 0 radical (unpaired) electrons. The van der Waals surface area contributed by atoms with Gasteiger partial charge in [-0.15, -0.1) is 11.3 Å². The Morgan fingerprint density at radius 1 is 1.38 bits per heavy atom. The Morgan fingerprint density at radius 3 is 2.85 bits per heavy atom. The highest BCUT2D eigenvalue weighted by Gasteiger charge is 2.42. The fourth-order valence-corrected chi connectivity index (χ4v) is 5.02. The number of nitrogens with two attached hydrogens (primary N) is 1. The molecule has 1 aliphatic carbocycles. The minimum atomic E-state index is -0.126. The van der Waals surface area contributed by atoms with Crippen LogP contribution in [0.1, 0.15) is 61.4 Å². The first-order chi connectivity index (χ1) is 12.4. The molecule has 1 saturated carbocycles. The zero-order chi connectivity index (χ0) is 18.6. The third kappa shape index (κ3) is 4.63. The molecule has 0 atom stereocenters. The van der Waals surface area contributed by atoms with Gasteiger partial charge in [0.1, 0.15) is 5.69 Å². The highest BCUT2D eigenvalue weighted by molar-refractivity contribution is 7.09. The van der Waals surface area contributed by atoms with E-state index in [0.717, 1.165) is 44.0 Å². The van der Waals surface area contributed by atoms with Crippen molar-refractivity contribution in [1.29, 1.82) is 0 Å². The van der Waals surface area contributed by atoms with E-state index in [1.165, 1.54) is 30.6 Å². The van der Waals surface area contributed by atoms with Crippen molar-refractivity contribution in [2.24, 2.45) is 5.73 Å². The van der Waals surface area contributed by atoms with Crippen molar-refractivity contribution in [3.63, 3.8) is 0 Å². The summed E-state index contributed by atoms with van der Waals surface area (Å²) in [6.07, 6.45) is 6.75. The van der Waals surface area contributed by atoms with Crippen LogP contribution in [0.3, 0.4) is 0 Å². The molecule has 6 nitrogen and oxygen atoms in total. The third-order valence-electron chi connectivity index (χ3n) is 5.60. The number of nitrogens with zero attached hydrogens (tertiary/aromatic N) is 2. The summed E-state index contributed by atoms with van der Waals surface area (Å²) >= 11 is 1.51. The maximum Gasteiger partial charge on any atom is 0.270 e. The minimum Gasteiger partial charge on any atom is -0.373 e. The molecule has 2 heterocycles. The van der Waals surface area contributed by atoms with Crippen molar-refractivity contribution in [1.82, 2.24) is 15.2 Å². The molecule has 3 rings (SSSR count). The van der Waals surface area contributed by atoms with E-state index in [-0.39, 0.29) is 17.0 Å². The molecule has 1 amide bonds. The Labute approximate surface area is 160 Å². The molecule has 7 heteroatoms. The Kier molecular flexibility index (Phi) is 6.33. The topological polar surface area (TPSA) is 80.5 Å². The molecule has 0 unspecified atom stereocenters. The van der Waals surface area contributed by atoms with Gasteiger partial charge in [-0.3, -0.25) is 9.69 Å². The summed E-state index contributed by atoms with van der Waals surface area (Å²) in [7, 11) is 0. The summed E-state index contributed by atoms with van der Waals surface area (Å²) in [6, 6.07) is 0. The van der Waals surface area contributed by atoms with Gasteiger partial charge < -0.3 is 15.8 Å². The highest BCUT2D eigenvalue weighted by Crippen LogP contribution is 2.36. The molecule has 2 aliphatic rings. The van der Waals surface area contributed by atoms with Gasteiger partial charge >= 0.3 is 0 Å². The molecule has 1 saturated heterocycles. The normalized spacial score (nSPS) is 22.9. The van der Waals surface area contributed by atoms with E-state index in [1.54, 1.807) is 0 Å². The monoisotopic (exact) mass is 380 g/mol. The van der Waals surface area contributed by atoms with E-state index < -0.39 is 0 Å². The van der Waals surface area contributed by atoms with Crippen molar-refractivity contribution >= 4 is 17.2 Å². The average Bonchev–Trinajstić information content (AvgIpc) is 3.09. The van der Waals surface area contributed by atoms with Crippen LogP contribution in [0.2, 0.25) is 0 Å². The van der Waals surface area contributed by atoms with Gasteiger partial charge in [0.15, 0.2) is 0 Å². The lowest BCUT2D eigenvalue weighted by atomic mass is 9.79. The second kappa shape index (κ2) is 8.33. The number of rotatable bonds is 6. The van der Waals surface area contributed by atoms with Crippen molar-refractivity contribution in [2.45, 2.75) is 63.5 Å². The molecule has 1 aliphatic heterocycles. The minimum absolute atomic E-state index is 0.0467. The van der Waals surface area contributed by atoms with E-state index >= 15 is 0 Å². The van der Waals surface area contributed by atoms with Crippen LogP contribution in [0.4, 0.5) is 0 Å². The number of thiazole rings is 1. The SMILES string of the molecule is CC1(C)CN(C2(CNC(=O)c3csc(CCN)n3)CCCCC2)CCO1. The second-order valence-corrected chi connectivity index (χ2v) is 9.11. The summed E-state index contributed by atoms with van der Waals surface area (Å²) in [5, 5.41) is 5.95. The molecule has 2 fully saturated rings. The first-order valence-corrected chi connectivity index (χ1v) is 10.6. The molecule has 3 N–H and O–H groups in total. The van der Waals surface area contributed by atoms with Gasteiger partial charge in [-0.05, 0) is 33.2 Å². The molecule has 0 aromatic carbocycles. The fraction of sp³-hybridized carbons (Fsp3) is 0.789. The Morgan fingerprint density at radius 2 is 2.15 bits per heavy atom. The lowest BCUT2D eigenvalue weighted by Gasteiger charge is -2.51. The van der Waals surface area contributed by atoms with Gasteiger partial charge in [-0.1, -0.05) is 19.3 Å². The maximum absolute atomic E-state index is 12.6. The molecule has 0 bridgehead atoms. The molecule has 1 aromatic rings. The highest BCUT2D eigenvalue weighted by atomic mass is 32.1. The summed E-state index contributed by atoms with van der Waals surface area (Å²) in [6.45, 7) is 8.18. The van der Waals surface area contributed by atoms with Crippen molar-refractivity contribution < 1.29 is 9.53 Å². The van der Waals surface area contributed by atoms with E-state index in [0.29, 0.717) is 18.8 Å². The standard InChI is InChI=1S/C19H32N4O2S/c1-18(2)14-23(10-11-25-18)19(7-4-3-5-8-19)13-21-17(24)15-12-26-16(22-15)6-9-20/h12H,3-11,13-14,20H2,1-2H3,(H,21,24). The van der Waals surface area contributed by atoms with Crippen LogP contribution in [0.25, 0.3) is 0 Å². The molecule has 1 aromatic heterocycles. The van der Waals surface area contributed by atoms with Crippen LogP contribution < -0.4 is 11.1 Å². The zero-order valence-corrected chi connectivity index (χ0v) is 16.9. The summed E-state index contributed by atoms with van der Waals surface area (Å²) < 4.78 is 5.90. The van der Waals surface area contributed by atoms with Crippen LogP contribution in [0, 0.1) is 0 Å². The molecule has 26 heavy (non-hydrogen) atoms. The summed E-state index contributed by atoms with van der Waals surface area (Å²) in [5.74, 6) is -0.0676. The van der Waals surface area contributed by atoms with E-state index in [2.05, 4.69) is 29.0 Å². The van der Waals surface area contributed by atoms with Crippen molar-refractivity contribution in [3.05, 3.63) is 16.1 Å². The number of nitrogens with one attached hydrogen (secondary N) is 1. The van der Waals surface area contributed by atoms with Crippen LogP contribution in [-0.4, -0.2) is 59.7 Å². The van der Waals surface area contributed by atoms with E-state index in [9.17, 15) is 4.79 Å². The Balaban J connectivity index is 1.67. The number of hydrogen-bond acceptors (Lipinski definition) is 6. The number of ether oxygens (including phenoxy) is 1. The van der Waals surface area contributed by atoms with Gasteiger partial charge in [-0.25, -0.2) is 4.98 Å². The zero-order valence-electron chi connectivity index (χ0n) is 16.1. The number of amides is 1. The van der Waals surface area contributed by atoms with Crippen LogP contribution >= 0.6 is 11.3 Å². The Bertz CT molecular complexity index is 610. The first kappa shape index (κ1) is 19.7. The largest absolute Gasteiger partial charge is 0.373 e. The predicted octanol–water partition coefficient (Wildman–Crippen LogP) is 2.19. The summed E-state index contributed by atoms with van der Waals surface area (Å²) in [5.41, 5.74) is 6.01. The first-order valence-electron chi connectivity index (χ1n) is 9.76.